The van der Waals surface area contributed by atoms with Crippen LogP contribution in [0.5, 0.6) is 5.75 Å². The van der Waals surface area contributed by atoms with Crippen molar-refractivity contribution < 1.29 is 41.5 Å². The van der Waals surface area contributed by atoms with Gasteiger partial charge in [0.1, 0.15) is 34.8 Å². The van der Waals surface area contributed by atoms with Crippen molar-refractivity contribution in [2.24, 2.45) is 16.7 Å². The second-order valence-corrected chi connectivity index (χ2v) is 21.9. The molecular weight excluding hydrogens is 788 g/mol. The molecule has 2 N–H and O–H groups in total. The summed E-state index contributed by atoms with van der Waals surface area (Å²) < 4.78 is 56.1. The molecule has 9 rings (SSSR count). The van der Waals surface area contributed by atoms with Crippen molar-refractivity contribution in [1.29, 1.82) is 0 Å². The van der Waals surface area contributed by atoms with Gasteiger partial charge in [-0.15, -0.1) is 0 Å². The van der Waals surface area contributed by atoms with E-state index in [1.807, 2.05) is 18.2 Å². The number of para-hydroxylation sites is 1. The van der Waals surface area contributed by atoms with Gasteiger partial charge in [0, 0.05) is 35.1 Å². The van der Waals surface area contributed by atoms with Gasteiger partial charge in [-0.2, -0.15) is 0 Å². The molecule has 60 heavy (non-hydrogen) atoms. The highest BCUT2D eigenvalue weighted by Gasteiger charge is 2.63. The van der Waals surface area contributed by atoms with E-state index in [9.17, 15) is 22.8 Å². The van der Waals surface area contributed by atoms with E-state index < -0.39 is 61.6 Å². The standard InChI is InChI=1S/C45H57FN4O8S.CH4/c1-42(2)19-10-15-35(42)57-41(54)47-32-14-8-6-4-5-7-11-28-23-45(28,40(53)49-59(55,56)43(3)21-22-43)25-34(51)33-24-44(26-50(33)39(32)52)20-18-30-29-12-9-13-31(46)37(29)48-36(27-16-17-27)38(30)58-44;/h7,9,11-13,27-28,32-33,35H,4-6,8,10,14-26H2,1-3H3,(H,47,54)(H,49,53);1H4/b11-7-;/t28-,32+,33+,35?,44-,45-;/m1./s1. The number of halogens is 1. The first-order valence-corrected chi connectivity index (χ1v) is 23.4. The zero-order valence-corrected chi connectivity index (χ0v) is 35.3. The Labute approximate surface area is 353 Å². The number of ketones is 1. The largest absolute Gasteiger partial charge is 0.483 e. The van der Waals surface area contributed by atoms with Crippen LogP contribution in [0.3, 0.4) is 0 Å². The number of fused-ring (bicyclic) bond motifs is 5. The molecule has 3 aliphatic heterocycles. The molecule has 5 fully saturated rings. The number of sulfonamides is 1. The summed E-state index contributed by atoms with van der Waals surface area (Å²) in [5.41, 5.74) is -0.582. The second kappa shape index (κ2) is 15.4. The van der Waals surface area contributed by atoms with Crippen LogP contribution in [0.2, 0.25) is 0 Å². The van der Waals surface area contributed by atoms with Crippen LogP contribution < -0.4 is 14.8 Å². The normalized spacial score (nSPS) is 32.6. The Balaban J connectivity index is 0.00000499. The number of allylic oxidation sites excluding steroid dienone is 2. The lowest BCUT2D eigenvalue weighted by molar-refractivity contribution is -0.140. The second-order valence-electron chi connectivity index (χ2n) is 19.7. The third kappa shape index (κ3) is 7.72. The number of alkyl carbamates (subject to hydrolysis) is 1. The van der Waals surface area contributed by atoms with E-state index in [1.54, 1.807) is 17.9 Å². The minimum atomic E-state index is -3.97. The molecule has 1 aromatic carbocycles. The van der Waals surface area contributed by atoms with Gasteiger partial charge in [-0.25, -0.2) is 22.6 Å². The molecule has 4 heterocycles. The molecule has 326 valence electrons. The number of hydrogen-bond donors (Lipinski definition) is 2. The van der Waals surface area contributed by atoms with Crippen LogP contribution in [0.1, 0.15) is 148 Å². The lowest BCUT2D eigenvalue weighted by Crippen LogP contribution is -2.53. The highest BCUT2D eigenvalue weighted by atomic mass is 32.2. The Morgan fingerprint density at radius 3 is 2.48 bits per heavy atom. The molecule has 1 unspecified atom stereocenters. The van der Waals surface area contributed by atoms with E-state index in [2.05, 4.69) is 23.9 Å². The summed E-state index contributed by atoms with van der Waals surface area (Å²) in [6.45, 7) is 5.83. The van der Waals surface area contributed by atoms with Crippen molar-refractivity contribution in [3.05, 3.63) is 47.4 Å². The maximum Gasteiger partial charge on any atom is 0.408 e. The maximum absolute atomic E-state index is 15.1. The van der Waals surface area contributed by atoms with Crippen LogP contribution in [0, 0.1) is 22.6 Å². The first-order valence-electron chi connectivity index (χ1n) is 21.9. The lowest BCUT2D eigenvalue weighted by atomic mass is 9.85. The number of amides is 3. The third-order valence-electron chi connectivity index (χ3n) is 14.9. The number of carbonyl (C=O) groups excluding carboxylic acids is 4. The minimum Gasteiger partial charge on any atom is -0.483 e. The van der Waals surface area contributed by atoms with Gasteiger partial charge in [0.25, 0.3) is 0 Å². The molecular formula is C46H61FN4O8S. The predicted molar refractivity (Wildman–Crippen MR) is 224 cm³/mol. The number of nitrogens with one attached hydrogen (secondary N) is 2. The fourth-order valence-corrected chi connectivity index (χ4v) is 11.7. The van der Waals surface area contributed by atoms with Crippen molar-refractivity contribution >= 4 is 44.6 Å². The topological polar surface area (TPSA) is 161 Å². The zero-order chi connectivity index (χ0) is 41.5. The number of carbonyl (C=O) groups is 4. The fraction of sp³-hybridized carbons (Fsp3) is 0.674. The SMILES string of the molecule is C.CC1(C)CCCC1OC(=O)N[C@H]1CCCCC/C=C\[C@@H]2C[C@@]2(C(=O)NS(=O)(=O)C2(C)CC2)CC(=O)[C@@H]2C[C@]3(CCc4c(c(C5CC5)nc5c(F)cccc45)O3)CN2C1=O. The lowest BCUT2D eigenvalue weighted by Gasteiger charge is -2.37. The van der Waals surface area contributed by atoms with Crippen LogP contribution in [-0.4, -0.2) is 77.1 Å². The van der Waals surface area contributed by atoms with Gasteiger partial charge < -0.3 is 19.7 Å². The summed E-state index contributed by atoms with van der Waals surface area (Å²) in [6, 6.07) is 2.95. The van der Waals surface area contributed by atoms with E-state index >= 15 is 9.18 Å². The Kier molecular flexibility index (Phi) is 10.9. The van der Waals surface area contributed by atoms with Gasteiger partial charge in [-0.3, -0.25) is 19.1 Å². The third-order valence-corrected chi connectivity index (χ3v) is 17.0. The van der Waals surface area contributed by atoms with Gasteiger partial charge in [0.2, 0.25) is 21.8 Å². The van der Waals surface area contributed by atoms with Crippen molar-refractivity contribution in [2.45, 2.75) is 172 Å². The molecule has 1 aromatic heterocycles. The summed E-state index contributed by atoms with van der Waals surface area (Å²) in [6.07, 6.45) is 12.8. The number of pyridine rings is 1. The van der Waals surface area contributed by atoms with E-state index in [0.717, 1.165) is 56.9 Å². The summed E-state index contributed by atoms with van der Waals surface area (Å²) >= 11 is 0. The van der Waals surface area contributed by atoms with Crippen molar-refractivity contribution in [3.63, 3.8) is 0 Å². The molecule has 1 saturated heterocycles. The van der Waals surface area contributed by atoms with E-state index in [1.165, 1.54) is 6.07 Å². The Bertz CT molecular complexity index is 2240. The number of Topliss-reactive ketones (excluding diaryl/α,β-unsaturated/α-hetero) is 1. The van der Waals surface area contributed by atoms with Gasteiger partial charge in [-0.05, 0) is 102 Å². The molecule has 0 bridgehead atoms. The number of nitrogens with zero attached hydrogens (tertiary/aromatic N) is 2. The molecule has 3 amide bonds. The molecule has 1 spiro atoms. The van der Waals surface area contributed by atoms with Crippen molar-refractivity contribution in [2.75, 3.05) is 6.54 Å². The Morgan fingerprint density at radius 2 is 1.77 bits per heavy atom. The summed E-state index contributed by atoms with van der Waals surface area (Å²) in [5, 5.41) is 3.60. The number of benzene rings is 1. The van der Waals surface area contributed by atoms with Crippen molar-refractivity contribution in [1.82, 2.24) is 19.9 Å². The van der Waals surface area contributed by atoms with Crippen LogP contribution in [0.15, 0.2) is 30.4 Å². The van der Waals surface area contributed by atoms with Crippen LogP contribution in [0.4, 0.5) is 9.18 Å². The monoisotopic (exact) mass is 848 g/mol. The number of rotatable bonds is 6. The van der Waals surface area contributed by atoms with Gasteiger partial charge in [0.15, 0.2) is 5.78 Å². The van der Waals surface area contributed by atoms with Crippen LogP contribution in [-0.2, 0) is 35.6 Å². The predicted octanol–water partition coefficient (Wildman–Crippen LogP) is 7.71. The average molecular weight is 849 g/mol. The van der Waals surface area contributed by atoms with Gasteiger partial charge >= 0.3 is 6.09 Å². The average Bonchev–Trinajstić information content (AvgIpc) is 4.14. The molecule has 0 radical (unpaired) electrons. The van der Waals surface area contributed by atoms with E-state index in [-0.39, 0.29) is 56.0 Å². The van der Waals surface area contributed by atoms with E-state index in [4.69, 9.17) is 14.5 Å². The zero-order valence-electron chi connectivity index (χ0n) is 34.4. The maximum atomic E-state index is 15.1. The van der Waals surface area contributed by atoms with E-state index in [0.29, 0.717) is 67.3 Å². The molecule has 4 saturated carbocycles. The fourth-order valence-electron chi connectivity index (χ4n) is 10.3. The Hall–Kier alpha value is -4.07. The number of aryl methyl sites for hydroxylation is 1. The van der Waals surface area contributed by atoms with Gasteiger partial charge in [-0.1, -0.05) is 58.4 Å². The quantitative estimate of drug-likeness (QED) is 0.278. The number of hydrogen-bond acceptors (Lipinski definition) is 9. The highest BCUT2D eigenvalue weighted by Crippen LogP contribution is 2.58. The summed E-state index contributed by atoms with van der Waals surface area (Å²) in [5.74, 6) is -1.45. The smallest absolute Gasteiger partial charge is 0.408 e. The minimum absolute atomic E-state index is 0. The van der Waals surface area contributed by atoms with Crippen molar-refractivity contribution in [3.8, 4) is 5.75 Å². The molecule has 7 aliphatic rings. The molecule has 2 aromatic rings. The van der Waals surface area contributed by atoms with Crippen LogP contribution in [0.25, 0.3) is 10.9 Å². The number of aromatic nitrogens is 1. The Morgan fingerprint density at radius 1 is 0.983 bits per heavy atom. The van der Waals surface area contributed by atoms with Crippen LogP contribution >= 0.6 is 0 Å². The molecule has 6 atom stereocenters. The molecule has 12 nitrogen and oxygen atoms in total. The van der Waals surface area contributed by atoms with Gasteiger partial charge in [0.05, 0.1) is 28.4 Å². The summed E-state index contributed by atoms with van der Waals surface area (Å²) in [7, 11) is -3.97. The highest BCUT2D eigenvalue weighted by molar-refractivity contribution is 7.91. The first-order chi connectivity index (χ1) is 28.0. The molecule has 14 heteroatoms. The first kappa shape index (κ1) is 42.6. The summed E-state index contributed by atoms with van der Waals surface area (Å²) in [4.78, 5) is 64.0. The number of ether oxygens (including phenoxy) is 2. The molecule has 4 aliphatic carbocycles.